The summed E-state index contributed by atoms with van der Waals surface area (Å²) < 4.78 is 28.3. The molecular formula is C17H26IN3O3S. The third kappa shape index (κ3) is 7.64. The Hall–Kier alpha value is -1.29. The van der Waals surface area contributed by atoms with Crippen molar-refractivity contribution in [3.8, 4) is 0 Å². The lowest BCUT2D eigenvalue weighted by Gasteiger charge is -2.17. The molecular weight excluding hydrogens is 453 g/mol. The SMILES string of the molecule is CCNC(=NCc1cc2ccccc2o1)NC(C)CCS(C)(=O)=O.I. The second-order valence-corrected chi connectivity index (χ2v) is 8.17. The van der Waals surface area contributed by atoms with Crippen molar-refractivity contribution in [1.29, 1.82) is 0 Å². The molecule has 25 heavy (non-hydrogen) atoms. The minimum atomic E-state index is -2.95. The van der Waals surface area contributed by atoms with Crippen LogP contribution in [-0.4, -0.2) is 39.0 Å². The molecule has 1 aromatic carbocycles. The van der Waals surface area contributed by atoms with Gasteiger partial charge in [-0.1, -0.05) is 18.2 Å². The molecule has 1 aromatic heterocycles. The highest BCUT2D eigenvalue weighted by atomic mass is 127. The summed E-state index contributed by atoms with van der Waals surface area (Å²) in [6.45, 7) is 5.08. The third-order valence-electron chi connectivity index (χ3n) is 3.52. The maximum atomic E-state index is 11.3. The van der Waals surface area contributed by atoms with Crippen LogP contribution in [-0.2, 0) is 16.4 Å². The predicted octanol–water partition coefficient (Wildman–Crippen LogP) is 2.93. The van der Waals surface area contributed by atoms with E-state index in [2.05, 4.69) is 15.6 Å². The van der Waals surface area contributed by atoms with Crippen LogP contribution in [0.3, 0.4) is 0 Å². The second-order valence-electron chi connectivity index (χ2n) is 5.91. The summed E-state index contributed by atoms with van der Waals surface area (Å²) in [7, 11) is -2.95. The number of fused-ring (bicyclic) bond motifs is 1. The standard InChI is InChI=1S/C17H25N3O3S.HI/c1-4-18-17(20-13(2)9-10-24(3,21)22)19-12-15-11-14-7-5-6-8-16(14)23-15;/h5-8,11,13H,4,9-10,12H2,1-3H3,(H2,18,19,20);1H. The van der Waals surface area contributed by atoms with Crippen LogP contribution in [0.5, 0.6) is 0 Å². The van der Waals surface area contributed by atoms with Gasteiger partial charge in [0.25, 0.3) is 0 Å². The highest BCUT2D eigenvalue weighted by Crippen LogP contribution is 2.19. The molecule has 0 aliphatic carbocycles. The number of rotatable bonds is 7. The maximum Gasteiger partial charge on any atom is 0.191 e. The number of aliphatic imine (C=N–C) groups is 1. The lowest BCUT2D eigenvalue weighted by Crippen LogP contribution is -2.42. The molecule has 0 aliphatic rings. The number of hydrogen-bond acceptors (Lipinski definition) is 4. The Morgan fingerprint density at radius 1 is 1.32 bits per heavy atom. The largest absolute Gasteiger partial charge is 0.459 e. The van der Waals surface area contributed by atoms with Gasteiger partial charge in [0, 0.05) is 24.2 Å². The quantitative estimate of drug-likeness (QED) is 0.363. The highest BCUT2D eigenvalue weighted by molar-refractivity contribution is 14.0. The fourth-order valence-corrected chi connectivity index (χ4v) is 3.07. The minimum Gasteiger partial charge on any atom is -0.459 e. The highest BCUT2D eigenvalue weighted by Gasteiger charge is 2.10. The first-order valence-electron chi connectivity index (χ1n) is 8.07. The van der Waals surface area contributed by atoms with Gasteiger partial charge in [-0.25, -0.2) is 13.4 Å². The molecule has 0 radical (unpaired) electrons. The van der Waals surface area contributed by atoms with E-state index in [9.17, 15) is 8.42 Å². The Bertz CT molecular complexity index is 769. The van der Waals surface area contributed by atoms with Gasteiger partial charge >= 0.3 is 0 Å². The molecule has 0 saturated carbocycles. The number of para-hydroxylation sites is 1. The summed E-state index contributed by atoms with van der Waals surface area (Å²) in [5.74, 6) is 1.60. The lowest BCUT2D eigenvalue weighted by atomic mass is 10.2. The molecule has 2 rings (SSSR count). The van der Waals surface area contributed by atoms with Crippen LogP contribution in [0.25, 0.3) is 11.0 Å². The topological polar surface area (TPSA) is 83.7 Å². The first-order chi connectivity index (χ1) is 11.4. The van der Waals surface area contributed by atoms with Gasteiger partial charge in [-0.15, -0.1) is 24.0 Å². The summed E-state index contributed by atoms with van der Waals surface area (Å²) in [5.41, 5.74) is 0.849. The Morgan fingerprint density at radius 2 is 2.04 bits per heavy atom. The number of furan rings is 1. The normalized spacial score (nSPS) is 13.3. The van der Waals surface area contributed by atoms with Gasteiger partial charge in [0.1, 0.15) is 27.7 Å². The van der Waals surface area contributed by atoms with Gasteiger partial charge in [-0.3, -0.25) is 0 Å². The van der Waals surface area contributed by atoms with Crippen LogP contribution in [0.1, 0.15) is 26.0 Å². The molecule has 2 N–H and O–H groups in total. The molecule has 0 saturated heterocycles. The van der Waals surface area contributed by atoms with Gasteiger partial charge in [-0.05, 0) is 32.4 Å². The van der Waals surface area contributed by atoms with Crippen molar-refractivity contribution >= 4 is 50.7 Å². The van der Waals surface area contributed by atoms with Crippen LogP contribution in [0.2, 0.25) is 0 Å². The number of nitrogens with zero attached hydrogens (tertiary/aromatic N) is 1. The van der Waals surface area contributed by atoms with E-state index in [1.807, 2.05) is 44.2 Å². The zero-order valence-corrected chi connectivity index (χ0v) is 17.9. The molecule has 0 fully saturated rings. The molecule has 140 valence electrons. The van der Waals surface area contributed by atoms with E-state index in [4.69, 9.17) is 4.42 Å². The molecule has 0 aliphatic heterocycles. The van der Waals surface area contributed by atoms with Gasteiger partial charge in [-0.2, -0.15) is 0 Å². The second kappa shape index (κ2) is 10.0. The summed E-state index contributed by atoms with van der Waals surface area (Å²) in [5, 5.41) is 7.45. The minimum absolute atomic E-state index is 0. The first-order valence-corrected chi connectivity index (χ1v) is 10.1. The fraction of sp³-hybridized carbons (Fsp3) is 0.471. The van der Waals surface area contributed by atoms with Crippen molar-refractivity contribution in [2.75, 3.05) is 18.6 Å². The van der Waals surface area contributed by atoms with Gasteiger partial charge < -0.3 is 15.1 Å². The Kier molecular flexibility index (Phi) is 8.70. The van der Waals surface area contributed by atoms with E-state index < -0.39 is 9.84 Å². The van der Waals surface area contributed by atoms with E-state index in [1.165, 1.54) is 6.26 Å². The number of hydrogen-bond donors (Lipinski definition) is 2. The summed E-state index contributed by atoms with van der Waals surface area (Å²) in [6.07, 6.45) is 1.79. The zero-order valence-electron chi connectivity index (χ0n) is 14.8. The van der Waals surface area contributed by atoms with Crippen LogP contribution in [0, 0.1) is 0 Å². The number of sulfone groups is 1. The number of guanidine groups is 1. The monoisotopic (exact) mass is 479 g/mol. The summed E-state index contributed by atoms with van der Waals surface area (Å²) in [6, 6.07) is 9.83. The molecule has 0 spiro atoms. The number of benzene rings is 1. The predicted molar refractivity (Wildman–Crippen MR) is 113 cm³/mol. The molecule has 1 unspecified atom stereocenters. The van der Waals surface area contributed by atoms with Crippen LogP contribution < -0.4 is 10.6 Å². The first kappa shape index (κ1) is 21.8. The van der Waals surface area contributed by atoms with Gasteiger partial charge in [0.2, 0.25) is 0 Å². The summed E-state index contributed by atoms with van der Waals surface area (Å²) >= 11 is 0. The third-order valence-corrected chi connectivity index (χ3v) is 4.50. The van der Waals surface area contributed by atoms with Crippen LogP contribution in [0.4, 0.5) is 0 Å². The molecule has 1 heterocycles. The molecule has 2 aromatic rings. The maximum absolute atomic E-state index is 11.3. The molecule has 0 bridgehead atoms. The van der Waals surface area contributed by atoms with Gasteiger partial charge in [0.05, 0.1) is 5.75 Å². The van der Waals surface area contributed by atoms with E-state index in [-0.39, 0.29) is 35.8 Å². The van der Waals surface area contributed by atoms with Crippen molar-refractivity contribution in [1.82, 2.24) is 10.6 Å². The smallest absolute Gasteiger partial charge is 0.191 e. The zero-order chi connectivity index (χ0) is 17.6. The van der Waals surface area contributed by atoms with Crippen LogP contribution in [0.15, 0.2) is 39.7 Å². The van der Waals surface area contributed by atoms with E-state index >= 15 is 0 Å². The Morgan fingerprint density at radius 3 is 2.68 bits per heavy atom. The molecule has 1 atom stereocenters. The Balaban J connectivity index is 0.00000312. The van der Waals surface area contributed by atoms with Crippen molar-refractivity contribution in [3.05, 3.63) is 36.1 Å². The van der Waals surface area contributed by atoms with Gasteiger partial charge in [0.15, 0.2) is 5.96 Å². The summed E-state index contributed by atoms with van der Waals surface area (Å²) in [4.78, 5) is 4.51. The molecule has 6 nitrogen and oxygen atoms in total. The fourth-order valence-electron chi connectivity index (χ4n) is 2.29. The van der Waals surface area contributed by atoms with Crippen molar-refractivity contribution in [2.45, 2.75) is 32.9 Å². The van der Waals surface area contributed by atoms with E-state index in [0.717, 1.165) is 23.3 Å². The van der Waals surface area contributed by atoms with E-state index in [1.54, 1.807) is 0 Å². The van der Waals surface area contributed by atoms with Crippen LogP contribution >= 0.6 is 24.0 Å². The average Bonchev–Trinajstić information content (AvgIpc) is 2.93. The molecule has 0 amide bonds. The van der Waals surface area contributed by atoms with Crippen molar-refractivity contribution < 1.29 is 12.8 Å². The van der Waals surface area contributed by atoms with E-state index in [0.29, 0.717) is 18.9 Å². The number of nitrogens with one attached hydrogen (secondary N) is 2. The average molecular weight is 479 g/mol. The number of halogens is 1. The Labute approximate surface area is 166 Å². The molecule has 8 heteroatoms. The van der Waals surface area contributed by atoms with Crippen molar-refractivity contribution in [3.63, 3.8) is 0 Å². The lowest BCUT2D eigenvalue weighted by molar-refractivity contribution is 0.549. The van der Waals surface area contributed by atoms with Crippen molar-refractivity contribution in [2.24, 2.45) is 4.99 Å².